The molecule has 2 aromatic heterocycles. The van der Waals surface area contributed by atoms with E-state index in [2.05, 4.69) is 17.3 Å². The number of alkyl halides is 3. The van der Waals surface area contributed by atoms with Crippen molar-refractivity contribution in [2.75, 3.05) is 0 Å². The van der Waals surface area contributed by atoms with Gasteiger partial charge in [-0.2, -0.15) is 18.3 Å². The van der Waals surface area contributed by atoms with Crippen molar-refractivity contribution in [3.8, 4) is 5.75 Å². The maximum Gasteiger partial charge on any atom is 0.435 e. The fourth-order valence-electron chi connectivity index (χ4n) is 4.30. The largest absolute Gasteiger partial charge is 0.508 e. The highest BCUT2D eigenvalue weighted by molar-refractivity contribution is 5.92. The molecule has 6 nitrogen and oxygen atoms in total. The Balaban J connectivity index is 1.76. The van der Waals surface area contributed by atoms with Crippen LogP contribution in [0.15, 0.2) is 30.5 Å². The first-order valence-electron chi connectivity index (χ1n) is 11.7. The Morgan fingerprint density at radius 3 is 2.59 bits per heavy atom. The van der Waals surface area contributed by atoms with Crippen LogP contribution in [0.1, 0.15) is 81.8 Å². The molecule has 0 aliphatic heterocycles. The number of carbonyl (C=O) groups is 1. The van der Waals surface area contributed by atoms with Crippen molar-refractivity contribution in [1.82, 2.24) is 19.7 Å². The van der Waals surface area contributed by atoms with E-state index in [1.54, 1.807) is 25.1 Å². The number of nitrogens with zero attached hydrogens (tertiary/aromatic N) is 3. The first-order chi connectivity index (χ1) is 16.0. The number of phenolic OH excluding ortho intramolecular Hbond substituents is 1. The molecule has 0 bridgehead atoms. The van der Waals surface area contributed by atoms with Crippen molar-refractivity contribution in [3.05, 3.63) is 47.4 Å². The van der Waals surface area contributed by atoms with E-state index in [-0.39, 0.29) is 24.2 Å². The van der Waals surface area contributed by atoms with E-state index in [0.29, 0.717) is 5.69 Å². The number of aryl methyl sites for hydroxylation is 1. The van der Waals surface area contributed by atoms with Gasteiger partial charge >= 0.3 is 6.18 Å². The molecule has 0 radical (unpaired) electrons. The summed E-state index contributed by atoms with van der Waals surface area (Å²) in [6.07, 6.45) is 2.11. The summed E-state index contributed by atoms with van der Waals surface area (Å²) < 4.78 is 43.3. The monoisotopic (exact) mass is 478 g/mol. The number of aromatic hydroxyl groups is 1. The normalized spacial score (nSPS) is 13.9. The molecule has 34 heavy (non-hydrogen) atoms. The van der Waals surface area contributed by atoms with E-state index in [0.717, 1.165) is 54.6 Å². The minimum atomic E-state index is -4.55. The summed E-state index contributed by atoms with van der Waals surface area (Å²) in [7, 11) is 1.85. The predicted octanol–water partition coefficient (Wildman–Crippen LogP) is 6.05. The molecule has 0 fully saturated rings. The Morgan fingerprint density at radius 1 is 1.18 bits per heavy atom. The minimum absolute atomic E-state index is 0.0540. The Hall–Kier alpha value is -2.97. The van der Waals surface area contributed by atoms with Crippen molar-refractivity contribution in [2.24, 2.45) is 7.05 Å². The van der Waals surface area contributed by atoms with E-state index >= 15 is 0 Å². The van der Waals surface area contributed by atoms with Crippen LogP contribution < -0.4 is 5.32 Å². The second-order valence-corrected chi connectivity index (χ2v) is 9.00. The van der Waals surface area contributed by atoms with Crippen LogP contribution >= 0.6 is 0 Å². The number of rotatable bonds is 10. The molecule has 1 aromatic carbocycles. The van der Waals surface area contributed by atoms with Crippen molar-refractivity contribution < 1.29 is 23.1 Å². The summed E-state index contributed by atoms with van der Waals surface area (Å²) in [5.74, 6) is -0.771. The molecular formula is C25H33F3N4O2. The lowest BCUT2D eigenvalue weighted by molar-refractivity contribution is -0.141. The average molecular weight is 479 g/mol. The highest BCUT2D eigenvalue weighted by atomic mass is 19.4. The summed E-state index contributed by atoms with van der Waals surface area (Å²) in [5, 5.41) is 17.2. The van der Waals surface area contributed by atoms with Crippen LogP contribution in [0.25, 0.3) is 10.9 Å². The molecule has 3 aromatic rings. The van der Waals surface area contributed by atoms with E-state index in [9.17, 15) is 23.1 Å². The second kappa shape index (κ2) is 10.5. The van der Waals surface area contributed by atoms with E-state index in [1.807, 2.05) is 24.7 Å². The van der Waals surface area contributed by atoms with Gasteiger partial charge in [0.1, 0.15) is 5.75 Å². The topological polar surface area (TPSA) is 72.1 Å². The molecule has 2 N–H and O–H groups in total. The number of hydrogen-bond acceptors (Lipinski definition) is 3. The van der Waals surface area contributed by atoms with Gasteiger partial charge in [0.2, 0.25) is 5.91 Å². The van der Waals surface area contributed by atoms with Gasteiger partial charge in [0, 0.05) is 30.2 Å². The zero-order valence-electron chi connectivity index (χ0n) is 20.1. The summed E-state index contributed by atoms with van der Waals surface area (Å²) in [4.78, 5) is 12.9. The van der Waals surface area contributed by atoms with Gasteiger partial charge in [-0.15, -0.1) is 0 Å². The van der Waals surface area contributed by atoms with Crippen LogP contribution in [0, 0.1) is 0 Å². The lowest BCUT2D eigenvalue weighted by Gasteiger charge is -2.17. The number of hydrogen-bond donors (Lipinski definition) is 2. The average Bonchev–Trinajstić information content (AvgIpc) is 3.36. The summed E-state index contributed by atoms with van der Waals surface area (Å²) in [6, 6.07) is 5.78. The highest BCUT2D eigenvalue weighted by Crippen LogP contribution is 2.32. The number of benzene rings is 1. The molecule has 3 rings (SSSR count). The van der Waals surface area contributed by atoms with Crippen LogP contribution in [0.2, 0.25) is 0 Å². The molecule has 2 atom stereocenters. The molecule has 0 saturated carbocycles. The quantitative estimate of drug-likeness (QED) is 0.349. The number of aromatic nitrogens is 3. The molecular weight excluding hydrogens is 445 g/mol. The standard InChI is InChI=1S/C25H33F3N4O2/c1-5-6-7-8-9-16(2)32-18(12-23(30-32)25(26,27)28)14-29-24(34)17(3)21-15-31(4)22-11-10-19(33)13-20(21)22/h10-13,15-17,33H,5-9,14H2,1-4H3,(H,29,34). The number of halogens is 3. The fraction of sp³-hybridized carbons (Fsp3) is 0.520. The van der Waals surface area contributed by atoms with Crippen LogP contribution in [0.3, 0.4) is 0 Å². The van der Waals surface area contributed by atoms with Crippen molar-refractivity contribution in [1.29, 1.82) is 0 Å². The molecule has 0 aliphatic rings. The van der Waals surface area contributed by atoms with Crippen LogP contribution in [0.5, 0.6) is 5.75 Å². The van der Waals surface area contributed by atoms with Crippen molar-refractivity contribution >= 4 is 16.8 Å². The smallest absolute Gasteiger partial charge is 0.435 e. The van der Waals surface area contributed by atoms with E-state index in [4.69, 9.17) is 0 Å². The van der Waals surface area contributed by atoms with Gasteiger partial charge in [0.25, 0.3) is 0 Å². The highest BCUT2D eigenvalue weighted by Gasteiger charge is 2.35. The van der Waals surface area contributed by atoms with Crippen LogP contribution in [0.4, 0.5) is 13.2 Å². The van der Waals surface area contributed by atoms with Gasteiger partial charge in [-0.25, -0.2) is 0 Å². The van der Waals surface area contributed by atoms with Crippen LogP contribution in [-0.2, 0) is 24.6 Å². The van der Waals surface area contributed by atoms with Gasteiger partial charge in [0.15, 0.2) is 5.69 Å². The zero-order valence-corrected chi connectivity index (χ0v) is 20.1. The number of phenols is 1. The summed E-state index contributed by atoms with van der Waals surface area (Å²) in [5.41, 5.74) is 0.984. The Kier molecular flexibility index (Phi) is 7.94. The van der Waals surface area contributed by atoms with Gasteiger partial charge in [-0.05, 0) is 50.1 Å². The van der Waals surface area contributed by atoms with Crippen molar-refractivity contribution in [2.45, 2.75) is 77.6 Å². The van der Waals surface area contributed by atoms with Crippen molar-refractivity contribution in [3.63, 3.8) is 0 Å². The summed E-state index contributed by atoms with van der Waals surface area (Å²) in [6.45, 7) is 5.65. The second-order valence-electron chi connectivity index (χ2n) is 9.00. The number of unbranched alkanes of at least 4 members (excludes halogenated alkanes) is 3. The third kappa shape index (κ3) is 5.74. The number of fused-ring (bicyclic) bond motifs is 1. The van der Waals surface area contributed by atoms with Gasteiger partial charge < -0.3 is 15.0 Å². The number of nitrogens with one attached hydrogen (secondary N) is 1. The first-order valence-corrected chi connectivity index (χ1v) is 11.7. The van der Waals surface area contributed by atoms with Crippen LogP contribution in [-0.4, -0.2) is 25.4 Å². The lowest BCUT2D eigenvalue weighted by Crippen LogP contribution is -2.29. The fourth-order valence-corrected chi connectivity index (χ4v) is 4.30. The number of carbonyl (C=O) groups excluding carboxylic acids is 1. The molecule has 0 spiro atoms. The molecule has 2 unspecified atom stereocenters. The first kappa shape index (κ1) is 25.6. The lowest BCUT2D eigenvalue weighted by atomic mass is 9.99. The maximum absolute atomic E-state index is 13.3. The minimum Gasteiger partial charge on any atom is -0.508 e. The third-order valence-corrected chi connectivity index (χ3v) is 6.30. The molecule has 0 saturated heterocycles. The van der Waals surface area contributed by atoms with Gasteiger partial charge in [-0.1, -0.05) is 32.6 Å². The van der Waals surface area contributed by atoms with Gasteiger partial charge in [-0.3, -0.25) is 9.48 Å². The van der Waals surface area contributed by atoms with E-state index < -0.39 is 17.8 Å². The van der Waals surface area contributed by atoms with Gasteiger partial charge in [0.05, 0.1) is 18.2 Å². The molecule has 186 valence electrons. The SMILES string of the molecule is CCCCCCC(C)n1nc(C(F)(F)F)cc1CNC(=O)C(C)c1cn(C)c2ccc(O)cc12. The summed E-state index contributed by atoms with van der Waals surface area (Å²) >= 11 is 0. The predicted molar refractivity (Wildman–Crippen MR) is 126 cm³/mol. The number of amides is 1. The Labute approximate surface area is 197 Å². The molecule has 1 amide bonds. The molecule has 9 heteroatoms. The third-order valence-electron chi connectivity index (χ3n) is 6.30. The molecule has 2 heterocycles. The zero-order chi connectivity index (χ0) is 25.0. The maximum atomic E-state index is 13.3. The Bertz CT molecular complexity index is 1130. The van der Waals surface area contributed by atoms with E-state index in [1.165, 1.54) is 4.68 Å². The Morgan fingerprint density at radius 2 is 1.91 bits per heavy atom. The molecule has 0 aliphatic carbocycles.